The first-order chi connectivity index (χ1) is 11.8. The van der Waals surface area contributed by atoms with E-state index in [1.165, 1.54) is 0 Å². The van der Waals surface area contributed by atoms with Crippen molar-refractivity contribution in [1.82, 2.24) is 4.57 Å². The van der Waals surface area contributed by atoms with Gasteiger partial charge >= 0.3 is 5.97 Å². The number of anilines is 1. The molecule has 0 saturated heterocycles. The van der Waals surface area contributed by atoms with E-state index in [-0.39, 0.29) is 6.54 Å². The number of carboxylic acid groups (broad SMARTS) is 1. The second-order valence-corrected chi connectivity index (χ2v) is 8.65. The molecule has 25 heavy (non-hydrogen) atoms. The number of rotatable bonds is 6. The number of hydrogen-bond acceptors (Lipinski definition) is 4. The van der Waals surface area contributed by atoms with Crippen LogP contribution in [0.15, 0.2) is 30.5 Å². The van der Waals surface area contributed by atoms with Gasteiger partial charge in [-0.2, -0.15) is 0 Å². The number of nitrogens with one attached hydrogen (secondary N) is 1. The number of nitrogens with zero attached hydrogens (tertiary/aromatic N) is 1. The van der Waals surface area contributed by atoms with Crippen LogP contribution in [0.25, 0.3) is 10.9 Å². The predicted molar refractivity (Wildman–Crippen MR) is 94.2 cm³/mol. The lowest BCUT2D eigenvalue weighted by Gasteiger charge is -2.11. The maximum Gasteiger partial charge on any atom is 0.323 e. The Morgan fingerprint density at radius 1 is 1.20 bits per heavy atom. The van der Waals surface area contributed by atoms with Crippen LogP contribution in [-0.4, -0.2) is 41.0 Å². The highest BCUT2D eigenvalue weighted by atomic mass is 32.2. The maximum absolute atomic E-state index is 12.2. The molecule has 0 bridgehead atoms. The molecule has 0 atom stereocenters. The summed E-state index contributed by atoms with van der Waals surface area (Å²) in [5.74, 6) is -1.99. The lowest BCUT2D eigenvalue weighted by Crippen LogP contribution is -2.29. The summed E-state index contributed by atoms with van der Waals surface area (Å²) in [5.41, 5.74) is 1.23. The normalized spacial score (nSPS) is 15.5. The molecule has 3 rings (SSSR count). The second kappa shape index (κ2) is 6.87. The monoisotopic (exact) mass is 364 g/mol. The standard InChI is InChI=1S/C17H20N2O5S/c20-16(11-25(23,24)14-3-1-2-4-14)18-13-5-6-15-12(9-13)7-8-19(15)10-17(21)22/h5-9,14H,1-4,10-11H2,(H,18,20)(H,21,22). The average molecular weight is 364 g/mol. The summed E-state index contributed by atoms with van der Waals surface area (Å²) < 4.78 is 26.1. The average Bonchev–Trinajstić information content (AvgIpc) is 3.16. The Morgan fingerprint density at radius 3 is 2.60 bits per heavy atom. The molecule has 134 valence electrons. The number of aromatic nitrogens is 1. The fourth-order valence-electron chi connectivity index (χ4n) is 3.31. The van der Waals surface area contributed by atoms with E-state index < -0.39 is 32.7 Å². The summed E-state index contributed by atoms with van der Waals surface area (Å²) in [6.45, 7) is -0.144. The van der Waals surface area contributed by atoms with E-state index in [0.717, 1.165) is 23.7 Å². The van der Waals surface area contributed by atoms with Crippen molar-refractivity contribution in [3.8, 4) is 0 Å². The minimum atomic E-state index is -3.41. The number of benzene rings is 1. The SMILES string of the molecule is O=C(O)Cn1ccc2cc(NC(=O)CS(=O)(=O)C3CCCC3)ccc21. The summed E-state index contributed by atoms with van der Waals surface area (Å²) in [6.07, 6.45) is 4.73. The zero-order valence-corrected chi connectivity index (χ0v) is 14.5. The topological polar surface area (TPSA) is 105 Å². The molecule has 1 aromatic heterocycles. The molecule has 1 saturated carbocycles. The van der Waals surface area contributed by atoms with Gasteiger partial charge in [-0.15, -0.1) is 0 Å². The molecule has 7 nitrogen and oxygen atoms in total. The van der Waals surface area contributed by atoms with Gasteiger partial charge in [0.1, 0.15) is 12.3 Å². The summed E-state index contributed by atoms with van der Waals surface area (Å²) in [5, 5.41) is 11.9. The summed E-state index contributed by atoms with van der Waals surface area (Å²) in [7, 11) is -3.41. The van der Waals surface area contributed by atoms with Crippen molar-refractivity contribution >= 4 is 38.3 Å². The van der Waals surface area contributed by atoms with E-state index >= 15 is 0 Å². The van der Waals surface area contributed by atoms with Crippen LogP contribution in [0.4, 0.5) is 5.69 Å². The molecule has 0 spiro atoms. The third-order valence-corrected chi connectivity index (χ3v) is 6.65. The largest absolute Gasteiger partial charge is 0.480 e. The van der Waals surface area contributed by atoms with Crippen molar-refractivity contribution in [2.75, 3.05) is 11.1 Å². The lowest BCUT2D eigenvalue weighted by atomic mass is 10.2. The highest BCUT2D eigenvalue weighted by Gasteiger charge is 2.30. The van der Waals surface area contributed by atoms with Crippen molar-refractivity contribution in [3.63, 3.8) is 0 Å². The first-order valence-electron chi connectivity index (χ1n) is 8.17. The number of hydrogen-bond donors (Lipinski definition) is 2. The molecule has 2 N–H and O–H groups in total. The zero-order valence-electron chi connectivity index (χ0n) is 13.6. The molecule has 1 amide bonds. The Morgan fingerprint density at radius 2 is 1.92 bits per heavy atom. The van der Waals surface area contributed by atoms with Gasteiger partial charge in [0.2, 0.25) is 5.91 Å². The molecule has 1 fully saturated rings. The quantitative estimate of drug-likeness (QED) is 0.816. The molecule has 0 unspecified atom stereocenters. The third-order valence-electron chi connectivity index (χ3n) is 4.50. The fraction of sp³-hybridized carbons (Fsp3) is 0.412. The van der Waals surface area contributed by atoms with E-state index in [9.17, 15) is 18.0 Å². The van der Waals surface area contributed by atoms with Crippen LogP contribution in [-0.2, 0) is 26.0 Å². The minimum Gasteiger partial charge on any atom is -0.480 e. The van der Waals surface area contributed by atoms with Crippen LogP contribution < -0.4 is 5.32 Å². The smallest absolute Gasteiger partial charge is 0.323 e. The highest BCUT2D eigenvalue weighted by Crippen LogP contribution is 2.25. The van der Waals surface area contributed by atoms with Crippen molar-refractivity contribution in [2.24, 2.45) is 0 Å². The van der Waals surface area contributed by atoms with E-state index in [4.69, 9.17) is 5.11 Å². The summed E-state index contributed by atoms with van der Waals surface area (Å²) in [6, 6.07) is 6.80. The number of carbonyl (C=O) groups excluding carboxylic acids is 1. The van der Waals surface area contributed by atoms with E-state index in [2.05, 4.69) is 5.32 Å². The van der Waals surface area contributed by atoms with Crippen LogP contribution in [0.2, 0.25) is 0 Å². The maximum atomic E-state index is 12.2. The Labute approximate surface area is 145 Å². The van der Waals surface area contributed by atoms with E-state index in [0.29, 0.717) is 18.5 Å². The Bertz CT molecular complexity index is 910. The molecule has 1 aliphatic carbocycles. The van der Waals surface area contributed by atoms with Crippen molar-refractivity contribution < 1.29 is 23.1 Å². The second-order valence-electron chi connectivity index (χ2n) is 6.37. The molecule has 1 heterocycles. The van der Waals surface area contributed by atoms with Crippen LogP contribution >= 0.6 is 0 Å². The third kappa shape index (κ3) is 4.01. The fourth-order valence-corrected chi connectivity index (χ4v) is 5.03. The predicted octanol–water partition coefficient (Wildman–Crippen LogP) is 2.02. The number of carboxylic acids is 1. The van der Waals surface area contributed by atoms with Crippen molar-refractivity contribution in [2.45, 2.75) is 37.5 Å². The van der Waals surface area contributed by atoms with Crippen molar-refractivity contribution in [3.05, 3.63) is 30.5 Å². The molecule has 1 aromatic carbocycles. The van der Waals surface area contributed by atoms with Gasteiger partial charge in [0.05, 0.1) is 5.25 Å². The molecular formula is C17H20N2O5S. The minimum absolute atomic E-state index is 0.144. The molecule has 8 heteroatoms. The number of carbonyl (C=O) groups is 2. The van der Waals surface area contributed by atoms with Gasteiger partial charge in [0.25, 0.3) is 0 Å². The molecule has 1 aliphatic rings. The Balaban J connectivity index is 1.70. The summed E-state index contributed by atoms with van der Waals surface area (Å²) >= 11 is 0. The van der Waals surface area contributed by atoms with Gasteiger partial charge in [-0.1, -0.05) is 12.8 Å². The molecular weight excluding hydrogens is 344 g/mol. The number of aliphatic carboxylic acids is 1. The molecule has 0 aliphatic heterocycles. The van der Waals surface area contributed by atoms with Gasteiger partial charge in [0, 0.05) is 22.8 Å². The van der Waals surface area contributed by atoms with Crippen molar-refractivity contribution in [1.29, 1.82) is 0 Å². The van der Waals surface area contributed by atoms with Crippen LogP contribution in [0.5, 0.6) is 0 Å². The Hall–Kier alpha value is -2.35. The van der Waals surface area contributed by atoms with Crippen LogP contribution in [0.1, 0.15) is 25.7 Å². The van der Waals surface area contributed by atoms with Crippen LogP contribution in [0.3, 0.4) is 0 Å². The summed E-state index contributed by atoms with van der Waals surface area (Å²) in [4.78, 5) is 22.9. The lowest BCUT2D eigenvalue weighted by molar-refractivity contribution is -0.137. The molecule has 0 radical (unpaired) electrons. The van der Waals surface area contributed by atoms with Gasteiger partial charge in [0.15, 0.2) is 9.84 Å². The van der Waals surface area contributed by atoms with Gasteiger partial charge < -0.3 is 15.0 Å². The van der Waals surface area contributed by atoms with Gasteiger partial charge in [-0.05, 0) is 37.1 Å². The van der Waals surface area contributed by atoms with E-state index in [1.807, 2.05) is 0 Å². The first kappa shape index (κ1) is 17.5. The first-order valence-corrected chi connectivity index (χ1v) is 9.89. The molecule has 2 aromatic rings. The number of amides is 1. The Kier molecular flexibility index (Phi) is 4.80. The number of fused-ring (bicyclic) bond motifs is 1. The van der Waals surface area contributed by atoms with Gasteiger partial charge in [-0.25, -0.2) is 8.42 Å². The van der Waals surface area contributed by atoms with Gasteiger partial charge in [-0.3, -0.25) is 9.59 Å². The van der Waals surface area contributed by atoms with Crippen LogP contribution in [0, 0.1) is 0 Å². The zero-order chi connectivity index (χ0) is 18.0. The highest BCUT2D eigenvalue weighted by molar-refractivity contribution is 7.92. The number of sulfone groups is 1. The van der Waals surface area contributed by atoms with E-state index in [1.54, 1.807) is 35.0 Å².